The number of carbonyl (C=O) groups excluding carboxylic acids is 3. The van der Waals surface area contributed by atoms with Crippen LogP contribution in [0.1, 0.15) is 77.1 Å². The van der Waals surface area contributed by atoms with E-state index < -0.39 is 17.1 Å². The molecule has 0 unspecified atom stereocenters. The van der Waals surface area contributed by atoms with E-state index >= 15 is 0 Å². The minimum Gasteiger partial charge on any atom is -0.349 e. The van der Waals surface area contributed by atoms with Crippen molar-refractivity contribution in [3.05, 3.63) is 58.8 Å². The molecule has 3 heterocycles. The molecular formula is C28H33N3O3. The lowest BCUT2D eigenvalue weighted by Crippen LogP contribution is -2.65. The van der Waals surface area contributed by atoms with E-state index in [2.05, 4.69) is 18.3 Å². The highest BCUT2D eigenvalue weighted by Crippen LogP contribution is 2.59. The number of ketones is 1. The Morgan fingerprint density at radius 2 is 1.88 bits per heavy atom. The lowest BCUT2D eigenvalue weighted by Gasteiger charge is -2.53. The molecule has 3 aliphatic rings. The van der Waals surface area contributed by atoms with Crippen LogP contribution in [0.4, 0.5) is 0 Å². The van der Waals surface area contributed by atoms with Crippen LogP contribution in [0.15, 0.2) is 47.6 Å². The molecule has 2 aliphatic heterocycles. The zero-order valence-corrected chi connectivity index (χ0v) is 20.9. The SMILES string of the molecule is CCCC1=CC(=O)N2[C@@H](C(=O)NC(C)(C)C)c3c(c4ccccc4n3C)[C@H]3CC(C)=CC(=O)[C@]132. The molecule has 0 saturated carbocycles. The third-order valence-electron chi connectivity index (χ3n) is 7.51. The molecule has 1 spiro atoms. The predicted molar refractivity (Wildman–Crippen MR) is 132 cm³/mol. The van der Waals surface area contributed by atoms with Gasteiger partial charge in [0, 0.05) is 35.5 Å². The topological polar surface area (TPSA) is 71.4 Å². The largest absolute Gasteiger partial charge is 0.349 e. The second kappa shape index (κ2) is 7.42. The van der Waals surface area contributed by atoms with Gasteiger partial charge in [-0.2, -0.15) is 0 Å². The van der Waals surface area contributed by atoms with Gasteiger partial charge in [-0.15, -0.1) is 0 Å². The van der Waals surface area contributed by atoms with E-state index in [-0.39, 0.29) is 23.5 Å². The lowest BCUT2D eigenvalue weighted by molar-refractivity contribution is -0.149. The molecule has 1 aromatic carbocycles. The number of benzene rings is 1. The maximum absolute atomic E-state index is 14.0. The molecule has 0 saturated heterocycles. The average Bonchev–Trinajstić information content (AvgIpc) is 3.20. The first-order chi connectivity index (χ1) is 16.0. The van der Waals surface area contributed by atoms with Gasteiger partial charge in [0.05, 0.1) is 5.69 Å². The maximum Gasteiger partial charge on any atom is 0.249 e. The predicted octanol–water partition coefficient (Wildman–Crippen LogP) is 4.46. The van der Waals surface area contributed by atoms with Crippen molar-refractivity contribution in [2.24, 2.45) is 7.05 Å². The van der Waals surface area contributed by atoms with Crippen molar-refractivity contribution in [1.29, 1.82) is 0 Å². The number of carbonyl (C=O) groups is 3. The van der Waals surface area contributed by atoms with Gasteiger partial charge in [-0.25, -0.2) is 0 Å². The van der Waals surface area contributed by atoms with Gasteiger partial charge in [0.25, 0.3) is 0 Å². The van der Waals surface area contributed by atoms with Crippen LogP contribution >= 0.6 is 0 Å². The van der Waals surface area contributed by atoms with E-state index in [0.717, 1.165) is 39.7 Å². The van der Waals surface area contributed by atoms with E-state index in [1.54, 1.807) is 17.1 Å². The highest BCUT2D eigenvalue weighted by molar-refractivity contribution is 6.13. The number of nitrogens with zero attached hydrogens (tertiary/aromatic N) is 2. The molecule has 0 bridgehead atoms. The second-order valence-corrected chi connectivity index (χ2v) is 11.0. The molecular weight excluding hydrogens is 426 g/mol. The number of nitrogens with one attached hydrogen (secondary N) is 1. The van der Waals surface area contributed by atoms with Gasteiger partial charge in [0.15, 0.2) is 11.8 Å². The van der Waals surface area contributed by atoms with E-state index in [4.69, 9.17) is 0 Å². The van der Waals surface area contributed by atoms with Gasteiger partial charge in [0.1, 0.15) is 5.54 Å². The van der Waals surface area contributed by atoms with Crippen molar-refractivity contribution in [3.63, 3.8) is 0 Å². The fraction of sp³-hybridized carbons (Fsp3) is 0.464. The summed E-state index contributed by atoms with van der Waals surface area (Å²) < 4.78 is 2.05. The van der Waals surface area contributed by atoms with Crippen LogP contribution in [0.3, 0.4) is 0 Å². The molecule has 178 valence electrons. The summed E-state index contributed by atoms with van der Waals surface area (Å²) in [6.07, 6.45) is 5.46. The fourth-order valence-corrected chi connectivity index (χ4v) is 6.47. The van der Waals surface area contributed by atoms with Crippen molar-refractivity contribution in [1.82, 2.24) is 14.8 Å². The maximum atomic E-state index is 14.0. The monoisotopic (exact) mass is 459 g/mol. The zero-order valence-electron chi connectivity index (χ0n) is 20.9. The number of aromatic nitrogens is 1. The Hall–Kier alpha value is -3.15. The van der Waals surface area contributed by atoms with Gasteiger partial charge in [-0.1, -0.05) is 37.1 Å². The van der Waals surface area contributed by atoms with Gasteiger partial charge in [-0.3, -0.25) is 14.4 Å². The molecule has 3 atom stereocenters. The van der Waals surface area contributed by atoms with Crippen LogP contribution < -0.4 is 5.32 Å². The smallest absolute Gasteiger partial charge is 0.249 e. The Morgan fingerprint density at radius 3 is 2.56 bits per heavy atom. The molecule has 1 aromatic heterocycles. The summed E-state index contributed by atoms with van der Waals surface area (Å²) in [7, 11) is 1.96. The van der Waals surface area contributed by atoms with Crippen molar-refractivity contribution in [2.75, 3.05) is 0 Å². The first kappa shape index (κ1) is 22.6. The Morgan fingerprint density at radius 1 is 1.18 bits per heavy atom. The van der Waals surface area contributed by atoms with Crippen LogP contribution in [0.2, 0.25) is 0 Å². The summed E-state index contributed by atoms with van der Waals surface area (Å²) in [5, 5.41) is 4.15. The number of para-hydroxylation sites is 1. The first-order valence-electron chi connectivity index (χ1n) is 12.2. The molecule has 5 rings (SSSR count). The van der Waals surface area contributed by atoms with Crippen molar-refractivity contribution < 1.29 is 14.4 Å². The number of fused-ring (bicyclic) bond motifs is 4. The summed E-state index contributed by atoms with van der Waals surface area (Å²) in [5.74, 6) is -0.816. The number of amides is 2. The lowest BCUT2D eigenvalue weighted by atomic mass is 9.62. The number of aryl methyl sites for hydroxylation is 1. The molecule has 6 heteroatoms. The zero-order chi connectivity index (χ0) is 24.6. The van der Waals surface area contributed by atoms with Crippen molar-refractivity contribution >= 4 is 28.5 Å². The van der Waals surface area contributed by atoms with Crippen molar-refractivity contribution in [2.45, 2.75) is 76.9 Å². The number of hydrogen-bond acceptors (Lipinski definition) is 3. The van der Waals surface area contributed by atoms with Crippen LogP contribution in [-0.2, 0) is 21.4 Å². The summed E-state index contributed by atoms with van der Waals surface area (Å²) in [4.78, 5) is 43.3. The van der Waals surface area contributed by atoms with E-state index in [1.165, 1.54) is 0 Å². The van der Waals surface area contributed by atoms with Crippen LogP contribution in [0.5, 0.6) is 0 Å². The summed E-state index contributed by atoms with van der Waals surface area (Å²) >= 11 is 0. The third kappa shape index (κ3) is 2.90. The highest BCUT2D eigenvalue weighted by Gasteiger charge is 2.65. The highest BCUT2D eigenvalue weighted by atomic mass is 16.2. The number of rotatable bonds is 3. The second-order valence-electron chi connectivity index (χ2n) is 11.0. The van der Waals surface area contributed by atoms with Crippen LogP contribution in [0.25, 0.3) is 10.9 Å². The minimum atomic E-state index is -1.15. The van der Waals surface area contributed by atoms with E-state index in [1.807, 2.05) is 57.5 Å². The first-order valence-corrected chi connectivity index (χ1v) is 12.2. The molecule has 1 aliphatic carbocycles. The molecule has 0 radical (unpaired) electrons. The summed E-state index contributed by atoms with van der Waals surface area (Å²) in [6.45, 7) is 9.83. The summed E-state index contributed by atoms with van der Waals surface area (Å²) in [5.41, 5.74) is 3.06. The van der Waals surface area contributed by atoms with Gasteiger partial charge in [0.2, 0.25) is 11.8 Å². The molecule has 34 heavy (non-hydrogen) atoms. The Bertz CT molecular complexity index is 1310. The summed E-state index contributed by atoms with van der Waals surface area (Å²) in [6, 6.07) is 7.22. The van der Waals surface area contributed by atoms with Crippen molar-refractivity contribution in [3.8, 4) is 0 Å². The van der Waals surface area contributed by atoms with Crippen LogP contribution in [-0.4, -0.2) is 38.1 Å². The van der Waals surface area contributed by atoms with Gasteiger partial charge < -0.3 is 14.8 Å². The Kier molecular flexibility index (Phi) is 4.94. The van der Waals surface area contributed by atoms with E-state index in [0.29, 0.717) is 12.8 Å². The van der Waals surface area contributed by atoms with E-state index in [9.17, 15) is 14.4 Å². The molecule has 6 nitrogen and oxygen atoms in total. The fourth-order valence-electron chi connectivity index (χ4n) is 6.47. The third-order valence-corrected chi connectivity index (χ3v) is 7.51. The van der Waals surface area contributed by atoms with Gasteiger partial charge in [-0.05, 0) is 63.8 Å². The normalized spacial score (nSPS) is 26.1. The van der Waals surface area contributed by atoms with Crippen LogP contribution in [0, 0.1) is 0 Å². The number of hydrogen-bond donors (Lipinski definition) is 1. The Balaban J connectivity index is 1.88. The average molecular weight is 460 g/mol. The molecule has 1 N–H and O–H groups in total. The quantitative estimate of drug-likeness (QED) is 0.737. The molecule has 2 aromatic rings. The Labute approximate surface area is 200 Å². The minimum absolute atomic E-state index is 0.0843. The standard InChI is InChI=1S/C28H33N3O3/c1-7-10-17-15-22(33)31-25(26(34)29-27(3,4)5)24-23(18-11-8-9-12-20(18)30(24)6)19-13-16(2)14-21(32)28(17,19)31/h8-9,11-12,14-15,19,25H,7,10,13H2,1-6H3,(H,29,34)/t19-,25-,28+/m1/s1. The molecule has 2 amide bonds. The molecule has 0 fully saturated rings. The van der Waals surface area contributed by atoms with Gasteiger partial charge >= 0.3 is 0 Å². The number of allylic oxidation sites excluding steroid dienone is 1.